The molecule has 0 radical (unpaired) electrons. The van der Waals surface area contributed by atoms with Crippen molar-refractivity contribution in [1.82, 2.24) is 21.3 Å². The maximum absolute atomic E-state index is 12.7. The molecule has 0 spiro atoms. The van der Waals surface area contributed by atoms with Gasteiger partial charge in [0.15, 0.2) is 0 Å². The molecule has 1 aliphatic heterocycles. The van der Waals surface area contributed by atoms with Gasteiger partial charge < -0.3 is 36.6 Å². The highest BCUT2D eigenvalue weighted by Crippen LogP contribution is 2.09. The van der Waals surface area contributed by atoms with E-state index >= 15 is 0 Å². The molecular formula is C18H30N4O8. The van der Waals surface area contributed by atoms with Crippen molar-refractivity contribution >= 4 is 29.7 Å². The molecule has 1 rings (SSSR count). The minimum absolute atomic E-state index is 0.00937. The minimum atomic E-state index is -1.65. The average Bonchev–Trinajstić information content (AvgIpc) is 3.18. The summed E-state index contributed by atoms with van der Waals surface area (Å²) in [6.07, 6.45) is 0.904. The standard InChI is InChI=1S/C18H30N4O8/c1-9(2)6-11(20-15(26)10-4-3-5-19-10)16(27)21-12(7-14(24)25)17(28)22-13(8-23)18(29)30/h9-13,19,23H,3-8H2,1-2H3,(H,20,26)(H,21,27)(H,22,28)(H,24,25)(H,29,30). The lowest BCUT2D eigenvalue weighted by Crippen LogP contribution is -2.58. The SMILES string of the molecule is CC(C)CC(NC(=O)C1CCCN1)C(=O)NC(CC(=O)O)C(=O)NC(CO)C(=O)O. The van der Waals surface area contributed by atoms with Crippen LogP contribution in [-0.2, 0) is 24.0 Å². The Bertz CT molecular complexity index is 648. The monoisotopic (exact) mass is 430 g/mol. The van der Waals surface area contributed by atoms with E-state index in [1.807, 2.05) is 19.2 Å². The molecule has 12 heteroatoms. The first kappa shape index (κ1) is 25.3. The van der Waals surface area contributed by atoms with Crippen molar-refractivity contribution < 1.29 is 39.3 Å². The molecule has 30 heavy (non-hydrogen) atoms. The average molecular weight is 430 g/mol. The van der Waals surface area contributed by atoms with E-state index in [1.54, 1.807) is 0 Å². The zero-order valence-corrected chi connectivity index (χ0v) is 17.0. The zero-order valence-electron chi connectivity index (χ0n) is 17.0. The second-order valence-corrected chi connectivity index (χ2v) is 7.58. The predicted molar refractivity (Wildman–Crippen MR) is 103 cm³/mol. The quantitative estimate of drug-likeness (QED) is 0.180. The fourth-order valence-corrected chi connectivity index (χ4v) is 3.00. The number of hydrogen-bond donors (Lipinski definition) is 7. The number of nitrogens with one attached hydrogen (secondary N) is 4. The second kappa shape index (κ2) is 12.1. The van der Waals surface area contributed by atoms with Crippen LogP contribution in [0.15, 0.2) is 0 Å². The maximum Gasteiger partial charge on any atom is 0.328 e. The van der Waals surface area contributed by atoms with Gasteiger partial charge in [0.05, 0.1) is 19.1 Å². The third-order valence-corrected chi connectivity index (χ3v) is 4.53. The number of carboxylic acid groups (broad SMARTS) is 2. The van der Waals surface area contributed by atoms with E-state index in [0.29, 0.717) is 13.0 Å². The highest BCUT2D eigenvalue weighted by atomic mass is 16.4. The number of amides is 3. The topological polar surface area (TPSA) is 194 Å². The predicted octanol–water partition coefficient (Wildman–Crippen LogP) is -2.21. The van der Waals surface area contributed by atoms with Crippen LogP contribution in [0.4, 0.5) is 0 Å². The minimum Gasteiger partial charge on any atom is -0.481 e. The molecule has 4 atom stereocenters. The first-order valence-corrected chi connectivity index (χ1v) is 9.75. The number of carbonyl (C=O) groups is 5. The normalized spacial score (nSPS) is 18.9. The van der Waals surface area contributed by atoms with Crippen LogP contribution in [0, 0.1) is 5.92 Å². The maximum atomic E-state index is 12.7. The van der Waals surface area contributed by atoms with Gasteiger partial charge in [-0.1, -0.05) is 13.8 Å². The Morgan fingerprint density at radius 1 is 0.967 bits per heavy atom. The number of carbonyl (C=O) groups excluding carboxylic acids is 3. The summed E-state index contributed by atoms with van der Waals surface area (Å²) < 4.78 is 0. The zero-order chi connectivity index (χ0) is 22.8. The van der Waals surface area contributed by atoms with Gasteiger partial charge in [0.2, 0.25) is 17.7 Å². The largest absolute Gasteiger partial charge is 0.481 e. The van der Waals surface area contributed by atoms with Crippen molar-refractivity contribution in [2.24, 2.45) is 5.92 Å². The van der Waals surface area contributed by atoms with Crippen LogP contribution in [-0.4, -0.2) is 82.3 Å². The summed E-state index contributed by atoms with van der Waals surface area (Å²) in [6, 6.07) is -4.66. The molecule has 1 aliphatic rings. The van der Waals surface area contributed by atoms with E-state index in [0.717, 1.165) is 6.42 Å². The summed E-state index contributed by atoms with van der Waals surface area (Å²) in [5.41, 5.74) is 0. The lowest BCUT2D eigenvalue weighted by molar-refractivity contribution is -0.144. The molecule has 1 heterocycles. The molecule has 4 unspecified atom stereocenters. The fraction of sp³-hybridized carbons (Fsp3) is 0.722. The molecule has 1 fully saturated rings. The summed E-state index contributed by atoms with van der Waals surface area (Å²) in [5.74, 6) is -5.09. The van der Waals surface area contributed by atoms with Gasteiger partial charge in [-0.05, 0) is 31.7 Å². The summed E-state index contributed by atoms with van der Waals surface area (Å²) >= 11 is 0. The summed E-state index contributed by atoms with van der Waals surface area (Å²) in [7, 11) is 0. The van der Waals surface area contributed by atoms with Crippen LogP contribution in [0.5, 0.6) is 0 Å². The number of hydrogen-bond acceptors (Lipinski definition) is 7. The van der Waals surface area contributed by atoms with Crippen molar-refractivity contribution in [3.63, 3.8) is 0 Å². The lowest BCUT2D eigenvalue weighted by Gasteiger charge is -2.25. The molecule has 0 aromatic rings. The van der Waals surface area contributed by atoms with E-state index in [2.05, 4.69) is 16.0 Å². The van der Waals surface area contributed by atoms with Crippen molar-refractivity contribution in [1.29, 1.82) is 0 Å². The molecule has 0 saturated carbocycles. The van der Waals surface area contributed by atoms with Crippen LogP contribution in [0.2, 0.25) is 0 Å². The Kier molecular flexibility index (Phi) is 10.2. The molecule has 0 aromatic heterocycles. The molecular weight excluding hydrogens is 400 g/mol. The number of aliphatic hydroxyl groups is 1. The van der Waals surface area contributed by atoms with Gasteiger partial charge in [0, 0.05) is 0 Å². The highest BCUT2D eigenvalue weighted by molar-refractivity contribution is 5.95. The van der Waals surface area contributed by atoms with Crippen LogP contribution in [0.25, 0.3) is 0 Å². The molecule has 3 amide bonds. The van der Waals surface area contributed by atoms with Crippen LogP contribution in [0.3, 0.4) is 0 Å². The molecule has 7 N–H and O–H groups in total. The van der Waals surface area contributed by atoms with Gasteiger partial charge in [-0.3, -0.25) is 19.2 Å². The molecule has 0 aliphatic carbocycles. The Hall–Kier alpha value is -2.73. The first-order chi connectivity index (χ1) is 14.0. The van der Waals surface area contributed by atoms with Gasteiger partial charge in [0.25, 0.3) is 0 Å². The van der Waals surface area contributed by atoms with Crippen molar-refractivity contribution in [3.05, 3.63) is 0 Å². The van der Waals surface area contributed by atoms with Crippen LogP contribution >= 0.6 is 0 Å². The molecule has 0 bridgehead atoms. The Morgan fingerprint density at radius 2 is 1.57 bits per heavy atom. The van der Waals surface area contributed by atoms with Gasteiger partial charge in [-0.25, -0.2) is 4.79 Å². The third kappa shape index (κ3) is 8.33. The van der Waals surface area contributed by atoms with Crippen LogP contribution < -0.4 is 21.3 Å². The number of rotatable bonds is 12. The number of carboxylic acids is 2. The third-order valence-electron chi connectivity index (χ3n) is 4.53. The van der Waals surface area contributed by atoms with Gasteiger partial charge in [-0.15, -0.1) is 0 Å². The summed E-state index contributed by atoms with van der Waals surface area (Å²) in [6.45, 7) is 3.45. The van der Waals surface area contributed by atoms with E-state index in [4.69, 9.17) is 15.3 Å². The van der Waals surface area contributed by atoms with Gasteiger partial charge in [-0.2, -0.15) is 0 Å². The second-order valence-electron chi connectivity index (χ2n) is 7.58. The van der Waals surface area contributed by atoms with Gasteiger partial charge in [0.1, 0.15) is 18.1 Å². The fourth-order valence-electron chi connectivity index (χ4n) is 3.00. The Labute approximate surface area is 173 Å². The highest BCUT2D eigenvalue weighted by Gasteiger charge is 2.32. The molecule has 170 valence electrons. The number of aliphatic hydroxyl groups excluding tert-OH is 1. The van der Waals surface area contributed by atoms with E-state index in [-0.39, 0.29) is 18.2 Å². The van der Waals surface area contributed by atoms with Crippen LogP contribution in [0.1, 0.15) is 39.5 Å². The molecule has 0 aromatic carbocycles. The Balaban J connectivity index is 2.89. The van der Waals surface area contributed by atoms with E-state index in [1.165, 1.54) is 0 Å². The summed E-state index contributed by atoms with van der Waals surface area (Å²) in [4.78, 5) is 59.5. The van der Waals surface area contributed by atoms with E-state index < -0.39 is 60.9 Å². The Morgan fingerprint density at radius 3 is 2.03 bits per heavy atom. The lowest BCUT2D eigenvalue weighted by atomic mass is 10.0. The van der Waals surface area contributed by atoms with Gasteiger partial charge >= 0.3 is 11.9 Å². The van der Waals surface area contributed by atoms with Crippen molar-refractivity contribution in [2.75, 3.05) is 13.2 Å². The smallest absolute Gasteiger partial charge is 0.328 e. The van der Waals surface area contributed by atoms with E-state index in [9.17, 15) is 24.0 Å². The number of aliphatic carboxylic acids is 2. The first-order valence-electron chi connectivity index (χ1n) is 9.75. The summed E-state index contributed by atoms with van der Waals surface area (Å²) in [5, 5.41) is 36.9. The molecule has 12 nitrogen and oxygen atoms in total. The van der Waals surface area contributed by atoms with Crippen molar-refractivity contribution in [3.8, 4) is 0 Å². The molecule has 1 saturated heterocycles. The van der Waals surface area contributed by atoms with Crippen molar-refractivity contribution in [2.45, 2.75) is 63.7 Å².